The van der Waals surface area contributed by atoms with E-state index < -0.39 is 0 Å². The maximum absolute atomic E-state index is 11.8. The Balaban J connectivity index is 1.46. The molecule has 0 spiro atoms. The molecular weight excluding hydrogens is 274 g/mol. The van der Waals surface area contributed by atoms with Crippen LogP contribution in [0.3, 0.4) is 0 Å². The number of rotatable bonds is 2. The normalized spacial score (nSPS) is 42.2. The summed E-state index contributed by atoms with van der Waals surface area (Å²) in [6.45, 7) is 1.50. The van der Waals surface area contributed by atoms with Gasteiger partial charge in [0.1, 0.15) is 0 Å². The standard InChI is InChI=1S/C18H23N3O/c19-18-9-12-7-14(18)10-17(8-12,11-18)13-1-3-15(4-2-13)21-6-5-20-16(21)22/h1-4,12,14H,5-11,19H2,(H,20,22). The lowest BCUT2D eigenvalue weighted by Crippen LogP contribution is -2.43. The third kappa shape index (κ3) is 1.59. The number of hydrogen-bond acceptors (Lipinski definition) is 2. The van der Waals surface area contributed by atoms with Crippen molar-refractivity contribution in [3.8, 4) is 0 Å². The zero-order valence-corrected chi connectivity index (χ0v) is 12.8. The average Bonchev–Trinajstić information content (AvgIpc) is 3.07. The van der Waals surface area contributed by atoms with Gasteiger partial charge in [0, 0.05) is 24.3 Å². The Morgan fingerprint density at radius 3 is 2.64 bits per heavy atom. The van der Waals surface area contributed by atoms with Gasteiger partial charge in [0.25, 0.3) is 0 Å². The minimum absolute atomic E-state index is 0.0201. The summed E-state index contributed by atoms with van der Waals surface area (Å²) in [7, 11) is 0. The quantitative estimate of drug-likeness (QED) is 0.880. The molecule has 4 heteroatoms. The molecule has 0 aromatic heterocycles. The van der Waals surface area contributed by atoms with Crippen LogP contribution in [0.1, 0.15) is 37.7 Å². The van der Waals surface area contributed by atoms with Gasteiger partial charge in [-0.3, -0.25) is 4.90 Å². The summed E-state index contributed by atoms with van der Waals surface area (Å²) in [6.07, 6.45) is 6.33. The predicted molar refractivity (Wildman–Crippen MR) is 85.8 cm³/mol. The summed E-state index contributed by atoms with van der Waals surface area (Å²) < 4.78 is 0. The molecular formula is C18H23N3O. The first-order valence-electron chi connectivity index (χ1n) is 8.53. The number of anilines is 1. The van der Waals surface area contributed by atoms with E-state index in [-0.39, 0.29) is 11.6 Å². The van der Waals surface area contributed by atoms with Gasteiger partial charge in [-0.25, -0.2) is 4.79 Å². The highest BCUT2D eigenvalue weighted by Crippen LogP contribution is 2.65. The lowest BCUT2D eigenvalue weighted by Gasteiger charge is -2.40. The molecule has 1 aromatic carbocycles. The average molecular weight is 297 g/mol. The molecule has 4 unspecified atom stereocenters. The van der Waals surface area contributed by atoms with Crippen molar-refractivity contribution in [2.45, 2.75) is 43.1 Å². The summed E-state index contributed by atoms with van der Waals surface area (Å²) in [5, 5.41) is 2.86. The Kier molecular flexibility index (Phi) is 2.38. The molecule has 6 rings (SSSR count). The number of carbonyl (C=O) groups excluding carboxylic acids is 1. The van der Waals surface area contributed by atoms with Gasteiger partial charge < -0.3 is 11.1 Å². The van der Waals surface area contributed by atoms with Gasteiger partial charge in [-0.2, -0.15) is 0 Å². The van der Waals surface area contributed by atoms with Crippen molar-refractivity contribution in [2.24, 2.45) is 17.6 Å². The highest BCUT2D eigenvalue weighted by atomic mass is 16.2. The summed E-state index contributed by atoms with van der Waals surface area (Å²) in [4.78, 5) is 13.6. The number of amides is 2. The van der Waals surface area contributed by atoms with Crippen molar-refractivity contribution >= 4 is 11.7 Å². The maximum Gasteiger partial charge on any atom is 0.321 e. The van der Waals surface area contributed by atoms with Crippen LogP contribution in [0, 0.1) is 11.8 Å². The molecule has 4 atom stereocenters. The first-order chi connectivity index (χ1) is 10.6. The van der Waals surface area contributed by atoms with Crippen LogP contribution >= 0.6 is 0 Å². The number of nitrogens with one attached hydrogen (secondary N) is 1. The van der Waals surface area contributed by atoms with Crippen LogP contribution in [0.15, 0.2) is 24.3 Å². The third-order valence-corrected chi connectivity index (χ3v) is 6.73. The van der Waals surface area contributed by atoms with Gasteiger partial charge in [-0.1, -0.05) is 12.1 Å². The maximum atomic E-state index is 11.8. The van der Waals surface area contributed by atoms with Crippen molar-refractivity contribution in [1.29, 1.82) is 0 Å². The van der Waals surface area contributed by atoms with E-state index in [0.717, 1.165) is 37.0 Å². The Bertz CT molecular complexity index is 642. The van der Waals surface area contributed by atoms with Crippen molar-refractivity contribution in [3.05, 3.63) is 29.8 Å². The van der Waals surface area contributed by atoms with Gasteiger partial charge in [0.15, 0.2) is 0 Å². The number of nitrogens with zero attached hydrogens (tertiary/aromatic N) is 1. The van der Waals surface area contributed by atoms with E-state index in [4.69, 9.17) is 5.73 Å². The molecule has 3 N–H and O–H groups in total. The minimum atomic E-state index is 0.0201. The monoisotopic (exact) mass is 297 g/mol. The van der Waals surface area contributed by atoms with Crippen molar-refractivity contribution < 1.29 is 4.79 Å². The Morgan fingerprint density at radius 1 is 1.18 bits per heavy atom. The second-order valence-electron chi connectivity index (χ2n) is 8.03. The molecule has 4 nitrogen and oxygen atoms in total. The van der Waals surface area contributed by atoms with Crippen molar-refractivity contribution in [3.63, 3.8) is 0 Å². The molecule has 4 aliphatic carbocycles. The summed E-state index contributed by atoms with van der Waals surface area (Å²) >= 11 is 0. The van der Waals surface area contributed by atoms with Gasteiger partial charge in [-0.05, 0) is 67.1 Å². The van der Waals surface area contributed by atoms with Crippen molar-refractivity contribution in [2.75, 3.05) is 18.0 Å². The SMILES string of the molecule is NC12CC3CC1CC(c1ccc(N4CCNC4=O)cc1)(C3)C2. The molecule has 1 aromatic rings. The van der Waals surface area contributed by atoms with Gasteiger partial charge in [0.2, 0.25) is 0 Å². The fourth-order valence-corrected chi connectivity index (χ4v) is 6.02. The van der Waals surface area contributed by atoms with Crippen LogP contribution < -0.4 is 16.0 Å². The fraction of sp³-hybridized carbons (Fsp3) is 0.611. The molecule has 5 fully saturated rings. The number of benzene rings is 1. The summed E-state index contributed by atoms with van der Waals surface area (Å²) in [5.41, 5.74) is 9.56. The largest absolute Gasteiger partial charge is 0.336 e. The van der Waals surface area contributed by atoms with Crippen LogP contribution in [0.25, 0.3) is 0 Å². The van der Waals surface area contributed by atoms with E-state index >= 15 is 0 Å². The summed E-state index contributed by atoms with van der Waals surface area (Å²) in [5.74, 6) is 1.57. The zero-order valence-electron chi connectivity index (χ0n) is 12.8. The van der Waals surface area contributed by atoms with Crippen LogP contribution in [0.4, 0.5) is 10.5 Å². The number of urea groups is 1. The van der Waals surface area contributed by atoms with E-state index in [1.165, 1.54) is 31.2 Å². The van der Waals surface area contributed by atoms with Crippen LogP contribution in [-0.4, -0.2) is 24.7 Å². The molecule has 4 bridgehead atoms. The number of nitrogens with two attached hydrogens (primary N) is 1. The Morgan fingerprint density at radius 2 is 2.00 bits per heavy atom. The zero-order chi connectivity index (χ0) is 14.9. The molecule has 116 valence electrons. The first-order valence-corrected chi connectivity index (χ1v) is 8.53. The van der Waals surface area contributed by atoms with Crippen LogP contribution in [0.5, 0.6) is 0 Å². The second-order valence-corrected chi connectivity index (χ2v) is 8.03. The molecule has 0 radical (unpaired) electrons. The van der Waals surface area contributed by atoms with Crippen LogP contribution in [-0.2, 0) is 5.41 Å². The van der Waals surface area contributed by atoms with Crippen LogP contribution in [0.2, 0.25) is 0 Å². The smallest absolute Gasteiger partial charge is 0.321 e. The molecule has 4 saturated carbocycles. The summed E-state index contributed by atoms with van der Waals surface area (Å²) in [6, 6.07) is 8.75. The fourth-order valence-electron chi connectivity index (χ4n) is 6.02. The Hall–Kier alpha value is -1.55. The number of carbonyl (C=O) groups is 1. The highest BCUT2D eigenvalue weighted by molar-refractivity contribution is 5.94. The van der Waals surface area contributed by atoms with E-state index in [9.17, 15) is 4.79 Å². The predicted octanol–water partition coefficient (Wildman–Crippen LogP) is 2.38. The van der Waals surface area contributed by atoms with Gasteiger partial charge >= 0.3 is 6.03 Å². The Labute approximate surface area is 131 Å². The van der Waals surface area contributed by atoms with E-state index in [2.05, 4.69) is 29.6 Å². The highest BCUT2D eigenvalue weighted by Gasteiger charge is 2.62. The lowest BCUT2D eigenvalue weighted by molar-refractivity contribution is 0.221. The van der Waals surface area contributed by atoms with E-state index in [1.54, 1.807) is 0 Å². The molecule has 1 aliphatic heterocycles. The van der Waals surface area contributed by atoms with Crippen molar-refractivity contribution in [1.82, 2.24) is 5.32 Å². The lowest BCUT2D eigenvalue weighted by atomic mass is 9.65. The molecule has 2 amide bonds. The van der Waals surface area contributed by atoms with Gasteiger partial charge in [-0.15, -0.1) is 0 Å². The minimum Gasteiger partial charge on any atom is -0.336 e. The first kappa shape index (κ1) is 12.9. The molecule has 22 heavy (non-hydrogen) atoms. The molecule has 1 saturated heterocycles. The van der Waals surface area contributed by atoms with E-state index in [1.807, 2.05) is 4.90 Å². The second kappa shape index (κ2) is 4.05. The van der Waals surface area contributed by atoms with E-state index in [0.29, 0.717) is 5.41 Å². The van der Waals surface area contributed by atoms with Gasteiger partial charge in [0.05, 0.1) is 0 Å². The molecule has 1 heterocycles. The number of hydrogen-bond donors (Lipinski definition) is 2. The topological polar surface area (TPSA) is 58.4 Å². The third-order valence-electron chi connectivity index (χ3n) is 6.73. The molecule has 5 aliphatic rings.